The molecule has 0 radical (unpaired) electrons. The molecule has 21 heavy (non-hydrogen) atoms. The molecular weight excluding hydrogens is 262 g/mol. The van der Waals surface area contributed by atoms with Gasteiger partial charge in [0.25, 0.3) is 0 Å². The van der Waals surface area contributed by atoms with E-state index in [0.29, 0.717) is 6.61 Å². The van der Waals surface area contributed by atoms with E-state index < -0.39 is 0 Å². The summed E-state index contributed by atoms with van der Waals surface area (Å²) in [4.78, 5) is 8.94. The molecule has 4 nitrogen and oxygen atoms in total. The van der Waals surface area contributed by atoms with Crippen LogP contribution in [0.3, 0.4) is 0 Å². The van der Waals surface area contributed by atoms with E-state index in [1.807, 2.05) is 38.4 Å². The Hall–Kier alpha value is -1.94. The maximum absolute atomic E-state index is 5.59. The van der Waals surface area contributed by atoms with Gasteiger partial charge in [-0.1, -0.05) is 19.1 Å². The van der Waals surface area contributed by atoms with Gasteiger partial charge in [-0.15, -0.1) is 0 Å². The standard InChI is InChI=1S/C17H23N3O/c1-4-9-18-16(17-19-11-13(3)12-20-17)14-7-6-8-15(10-14)21-5-2/h6-8,10-12,16,18H,4-5,9H2,1-3H3. The molecule has 0 aliphatic carbocycles. The van der Waals surface area contributed by atoms with Crippen LogP contribution in [-0.2, 0) is 0 Å². The van der Waals surface area contributed by atoms with E-state index in [0.717, 1.165) is 35.7 Å². The van der Waals surface area contributed by atoms with Gasteiger partial charge in [-0.3, -0.25) is 0 Å². The number of benzene rings is 1. The second-order valence-electron chi connectivity index (χ2n) is 5.01. The van der Waals surface area contributed by atoms with Crippen molar-refractivity contribution < 1.29 is 4.74 Å². The fraction of sp³-hybridized carbons (Fsp3) is 0.412. The lowest BCUT2D eigenvalue weighted by Gasteiger charge is -2.18. The van der Waals surface area contributed by atoms with Crippen molar-refractivity contribution >= 4 is 0 Å². The summed E-state index contributed by atoms with van der Waals surface area (Å²) >= 11 is 0. The van der Waals surface area contributed by atoms with Crippen LogP contribution in [0, 0.1) is 6.92 Å². The normalized spacial score (nSPS) is 12.1. The van der Waals surface area contributed by atoms with Crippen LogP contribution in [0.25, 0.3) is 0 Å². The molecule has 2 aromatic rings. The fourth-order valence-electron chi connectivity index (χ4n) is 2.15. The smallest absolute Gasteiger partial charge is 0.149 e. The predicted molar refractivity (Wildman–Crippen MR) is 84.5 cm³/mol. The average molecular weight is 285 g/mol. The van der Waals surface area contributed by atoms with E-state index in [9.17, 15) is 0 Å². The molecule has 0 amide bonds. The van der Waals surface area contributed by atoms with Crippen molar-refractivity contribution in [3.05, 3.63) is 53.6 Å². The summed E-state index contributed by atoms with van der Waals surface area (Å²) in [6.45, 7) is 7.71. The lowest BCUT2D eigenvalue weighted by molar-refractivity contribution is 0.339. The van der Waals surface area contributed by atoms with Gasteiger partial charge in [0.2, 0.25) is 0 Å². The van der Waals surface area contributed by atoms with Gasteiger partial charge in [0.1, 0.15) is 11.6 Å². The second kappa shape index (κ2) is 7.74. The van der Waals surface area contributed by atoms with Crippen molar-refractivity contribution in [2.45, 2.75) is 33.2 Å². The molecule has 1 aromatic carbocycles. The second-order valence-corrected chi connectivity index (χ2v) is 5.01. The summed E-state index contributed by atoms with van der Waals surface area (Å²) < 4.78 is 5.59. The Bertz CT molecular complexity index is 554. The molecule has 0 aliphatic rings. The molecule has 1 atom stereocenters. The largest absolute Gasteiger partial charge is 0.494 e. The zero-order chi connectivity index (χ0) is 15.1. The van der Waals surface area contributed by atoms with Crippen LogP contribution in [0.4, 0.5) is 0 Å². The molecule has 1 unspecified atom stereocenters. The zero-order valence-electron chi connectivity index (χ0n) is 13.0. The highest BCUT2D eigenvalue weighted by molar-refractivity contribution is 5.33. The first-order valence-electron chi connectivity index (χ1n) is 7.49. The minimum absolute atomic E-state index is 0.00837. The lowest BCUT2D eigenvalue weighted by atomic mass is 10.1. The Kier molecular flexibility index (Phi) is 5.69. The van der Waals surface area contributed by atoms with Gasteiger partial charge in [-0.2, -0.15) is 0 Å². The summed E-state index contributed by atoms with van der Waals surface area (Å²) in [5.74, 6) is 1.67. The van der Waals surface area contributed by atoms with Gasteiger partial charge in [0, 0.05) is 12.4 Å². The van der Waals surface area contributed by atoms with Crippen LogP contribution >= 0.6 is 0 Å². The number of aryl methyl sites for hydroxylation is 1. The highest BCUT2D eigenvalue weighted by Gasteiger charge is 2.16. The lowest BCUT2D eigenvalue weighted by Crippen LogP contribution is -2.25. The Balaban J connectivity index is 2.30. The van der Waals surface area contributed by atoms with Crippen molar-refractivity contribution in [2.75, 3.05) is 13.2 Å². The minimum atomic E-state index is -0.00837. The van der Waals surface area contributed by atoms with Gasteiger partial charge in [0.05, 0.1) is 12.6 Å². The predicted octanol–water partition coefficient (Wildman–Crippen LogP) is 3.27. The molecule has 1 aromatic heterocycles. The molecule has 2 rings (SSSR count). The van der Waals surface area contributed by atoms with Crippen molar-refractivity contribution in [2.24, 2.45) is 0 Å². The van der Waals surface area contributed by atoms with Crippen LogP contribution in [0.5, 0.6) is 5.75 Å². The summed E-state index contributed by atoms with van der Waals surface area (Å²) in [6, 6.07) is 8.11. The van der Waals surface area contributed by atoms with Crippen molar-refractivity contribution in [3.8, 4) is 5.75 Å². The summed E-state index contributed by atoms with van der Waals surface area (Å²) in [5.41, 5.74) is 2.19. The summed E-state index contributed by atoms with van der Waals surface area (Å²) in [6.07, 6.45) is 4.78. The Morgan fingerprint density at radius 2 is 1.95 bits per heavy atom. The van der Waals surface area contributed by atoms with Gasteiger partial charge in [0.15, 0.2) is 0 Å². The molecule has 4 heteroatoms. The first-order chi connectivity index (χ1) is 10.2. The van der Waals surface area contributed by atoms with E-state index in [4.69, 9.17) is 4.74 Å². The Morgan fingerprint density at radius 1 is 1.19 bits per heavy atom. The molecule has 112 valence electrons. The molecular formula is C17H23N3O. The third-order valence-electron chi connectivity index (χ3n) is 3.16. The van der Waals surface area contributed by atoms with Crippen LogP contribution in [-0.4, -0.2) is 23.1 Å². The van der Waals surface area contributed by atoms with Gasteiger partial charge >= 0.3 is 0 Å². The highest BCUT2D eigenvalue weighted by atomic mass is 16.5. The van der Waals surface area contributed by atoms with Crippen LogP contribution in [0.15, 0.2) is 36.7 Å². The third kappa shape index (κ3) is 4.26. The third-order valence-corrected chi connectivity index (χ3v) is 3.16. The molecule has 0 saturated carbocycles. The van der Waals surface area contributed by atoms with Crippen LogP contribution in [0.1, 0.15) is 43.3 Å². The van der Waals surface area contributed by atoms with Crippen molar-refractivity contribution in [1.29, 1.82) is 0 Å². The maximum Gasteiger partial charge on any atom is 0.149 e. The molecule has 0 saturated heterocycles. The van der Waals surface area contributed by atoms with Gasteiger partial charge in [-0.05, 0) is 50.1 Å². The van der Waals surface area contributed by atoms with Gasteiger partial charge in [-0.25, -0.2) is 9.97 Å². The maximum atomic E-state index is 5.59. The van der Waals surface area contributed by atoms with Crippen molar-refractivity contribution in [3.63, 3.8) is 0 Å². The molecule has 0 spiro atoms. The summed E-state index contributed by atoms with van der Waals surface area (Å²) in [5, 5.41) is 3.51. The SMILES string of the molecule is CCCNC(c1cccc(OCC)c1)c1ncc(C)cn1. The molecule has 0 fully saturated rings. The molecule has 0 aliphatic heterocycles. The van der Waals surface area contributed by atoms with E-state index in [2.05, 4.69) is 34.3 Å². The van der Waals surface area contributed by atoms with Crippen LogP contribution in [0.2, 0.25) is 0 Å². The van der Waals surface area contributed by atoms with E-state index in [1.165, 1.54) is 0 Å². The number of nitrogens with one attached hydrogen (secondary N) is 1. The molecule has 0 bridgehead atoms. The quantitative estimate of drug-likeness (QED) is 0.848. The van der Waals surface area contributed by atoms with Gasteiger partial charge < -0.3 is 10.1 Å². The number of nitrogens with zero attached hydrogens (tertiary/aromatic N) is 2. The summed E-state index contributed by atoms with van der Waals surface area (Å²) in [7, 11) is 0. The first kappa shape index (κ1) is 15.4. The zero-order valence-corrected chi connectivity index (χ0v) is 13.0. The van der Waals surface area contributed by atoms with E-state index in [-0.39, 0.29) is 6.04 Å². The van der Waals surface area contributed by atoms with Crippen LogP contribution < -0.4 is 10.1 Å². The Labute approximate surface area is 126 Å². The van der Waals surface area contributed by atoms with E-state index >= 15 is 0 Å². The average Bonchev–Trinajstić information content (AvgIpc) is 2.50. The monoisotopic (exact) mass is 285 g/mol. The number of rotatable bonds is 7. The first-order valence-corrected chi connectivity index (χ1v) is 7.49. The number of hydrogen-bond donors (Lipinski definition) is 1. The number of ether oxygens (including phenoxy) is 1. The molecule has 1 N–H and O–H groups in total. The highest BCUT2D eigenvalue weighted by Crippen LogP contribution is 2.23. The topological polar surface area (TPSA) is 47.0 Å². The number of aromatic nitrogens is 2. The van der Waals surface area contributed by atoms with E-state index in [1.54, 1.807) is 0 Å². The minimum Gasteiger partial charge on any atom is -0.494 e. The fourth-order valence-corrected chi connectivity index (χ4v) is 2.15. The molecule has 1 heterocycles. The number of hydrogen-bond acceptors (Lipinski definition) is 4. The Morgan fingerprint density at radius 3 is 2.62 bits per heavy atom. The van der Waals surface area contributed by atoms with Crippen molar-refractivity contribution in [1.82, 2.24) is 15.3 Å².